The number of aryl methyl sites for hydroxylation is 1. The number of benzene rings is 2. The van der Waals surface area contributed by atoms with Crippen molar-refractivity contribution >= 4 is 23.9 Å². The quantitative estimate of drug-likeness (QED) is 0.157. The van der Waals surface area contributed by atoms with Gasteiger partial charge in [0.15, 0.2) is 0 Å². The summed E-state index contributed by atoms with van der Waals surface area (Å²) in [4.78, 5) is 57.3. The van der Waals surface area contributed by atoms with Gasteiger partial charge in [0.2, 0.25) is 11.8 Å². The molecular weight excluding hydrogens is 594 g/mol. The van der Waals surface area contributed by atoms with Gasteiger partial charge in [-0.3, -0.25) is 9.59 Å². The number of ether oxygens (including phenoxy) is 2. The average molecular weight is 652 g/mol. The van der Waals surface area contributed by atoms with E-state index in [9.17, 15) is 19.2 Å². The highest BCUT2D eigenvalue weighted by molar-refractivity contribution is 5.94. The van der Waals surface area contributed by atoms with E-state index in [1.807, 2.05) is 75.4 Å². The summed E-state index contributed by atoms with van der Waals surface area (Å²) < 4.78 is 11.3. The number of nitrogens with one attached hydrogen (secondary N) is 2. The second-order valence-corrected chi connectivity index (χ2v) is 14.3. The third-order valence-corrected chi connectivity index (χ3v) is 7.77. The van der Waals surface area contributed by atoms with Gasteiger partial charge in [0.1, 0.15) is 29.3 Å². The zero-order valence-corrected chi connectivity index (χ0v) is 30.1. The maximum absolute atomic E-state index is 14.7. The van der Waals surface area contributed by atoms with Crippen LogP contribution in [0.25, 0.3) is 0 Å². The minimum absolute atomic E-state index is 0.210. The Kier molecular flexibility index (Phi) is 14.9. The van der Waals surface area contributed by atoms with Gasteiger partial charge in [-0.25, -0.2) is 9.59 Å². The maximum atomic E-state index is 14.7. The Balaban J connectivity index is 2.65. The van der Waals surface area contributed by atoms with Crippen molar-refractivity contribution in [2.45, 2.75) is 131 Å². The number of unbranched alkanes of at least 4 members (excludes halogenated alkanes) is 2. The summed E-state index contributed by atoms with van der Waals surface area (Å²) in [7, 11) is 0. The van der Waals surface area contributed by atoms with Crippen molar-refractivity contribution in [1.29, 1.82) is 0 Å². The number of carbonyl (C=O) groups excluding carboxylic acids is 4. The van der Waals surface area contributed by atoms with Crippen LogP contribution >= 0.6 is 0 Å². The lowest BCUT2D eigenvalue weighted by molar-refractivity contribution is -0.159. The molecule has 0 aromatic heterocycles. The van der Waals surface area contributed by atoms with E-state index < -0.39 is 47.3 Å². The third-order valence-electron chi connectivity index (χ3n) is 7.77. The van der Waals surface area contributed by atoms with Crippen molar-refractivity contribution in [2.24, 2.45) is 5.92 Å². The average Bonchev–Trinajstić information content (AvgIpc) is 2.98. The van der Waals surface area contributed by atoms with Crippen LogP contribution < -0.4 is 10.6 Å². The molecule has 0 radical (unpaired) electrons. The van der Waals surface area contributed by atoms with Gasteiger partial charge in [-0.15, -0.1) is 0 Å². The highest BCUT2D eigenvalue weighted by Gasteiger charge is 2.40. The van der Waals surface area contributed by atoms with Gasteiger partial charge in [-0.2, -0.15) is 0 Å². The molecule has 0 aliphatic carbocycles. The molecule has 0 saturated heterocycles. The summed E-state index contributed by atoms with van der Waals surface area (Å²) in [5.74, 6) is -1.71. The molecule has 9 nitrogen and oxygen atoms in total. The smallest absolute Gasteiger partial charge is 0.408 e. The van der Waals surface area contributed by atoms with Crippen LogP contribution in [0.3, 0.4) is 0 Å². The molecule has 2 aromatic carbocycles. The molecule has 9 heteroatoms. The highest BCUT2D eigenvalue weighted by Crippen LogP contribution is 2.28. The molecule has 2 aromatic rings. The highest BCUT2D eigenvalue weighted by atomic mass is 16.6. The predicted octanol–water partition coefficient (Wildman–Crippen LogP) is 7.06. The van der Waals surface area contributed by atoms with Gasteiger partial charge in [-0.05, 0) is 77.5 Å². The summed E-state index contributed by atoms with van der Waals surface area (Å²) in [6, 6.07) is 13.8. The van der Waals surface area contributed by atoms with E-state index >= 15 is 0 Å². The van der Waals surface area contributed by atoms with E-state index in [0.717, 1.165) is 24.0 Å². The Hall–Kier alpha value is -3.88. The van der Waals surface area contributed by atoms with Crippen LogP contribution in [-0.2, 0) is 30.3 Å². The van der Waals surface area contributed by atoms with Crippen molar-refractivity contribution in [3.63, 3.8) is 0 Å². The number of rotatable bonds is 15. The first kappa shape index (κ1) is 39.3. The van der Waals surface area contributed by atoms with Crippen LogP contribution in [0.1, 0.15) is 111 Å². The van der Waals surface area contributed by atoms with Gasteiger partial charge >= 0.3 is 12.1 Å². The monoisotopic (exact) mass is 651 g/mol. The van der Waals surface area contributed by atoms with E-state index in [2.05, 4.69) is 17.6 Å². The second kappa shape index (κ2) is 17.9. The van der Waals surface area contributed by atoms with Gasteiger partial charge < -0.3 is 25.0 Å². The van der Waals surface area contributed by atoms with E-state index in [1.165, 1.54) is 0 Å². The number of esters is 1. The fourth-order valence-corrected chi connectivity index (χ4v) is 5.21. The zero-order chi connectivity index (χ0) is 35.4. The molecule has 47 heavy (non-hydrogen) atoms. The molecule has 0 heterocycles. The van der Waals surface area contributed by atoms with Crippen LogP contribution in [0.2, 0.25) is 0 Å². The van der Waals surface area contributed by atoms with Crippen LogP contribution in [-0.4, -0.2) is 58.6 Å². The Morgan fingerprint density at radius 1 is 0.809 bits per heavy atom. The van der Waals surface area contributed by atoms with Crippen molar-refractivity contribution in [3.05, 3.63) is 71.3 Å². The predicted molar refractivity (Wildman–Crippen MR) is 186 cm³/mol. The van der Waals surface area contributed by atoms with Crippen molar-refractivity contribution < 1.29 is 28.7 Å². The first-order valence-corrected chi connectivity index (χ1v) is 16.9. The summed E-state index contributed by atoms with van der Waals surface area (Å²) >= 11 is 0. The molecule has 3 amide bonds. The first-order valence-electron chi connectivity index (χ1n) is 16.9. The fraction of sp³-hybridized carbons (Fsp3) is 0.579. The molecule has 0 aliphatic rings. The lowest BCUT2D eigenvalue weighted by Crippen LogP contribution is -2.56. The normalized spacial score (nSPS) is 14.3. The van der Waals surface area contributed by atoms with Gasteiger partial charge in [0.25, 0.3) is 0 Å². The van der Waals surface area contributed by atoms with Gasteiger partial charge in [-0.1, -0.05) is 94.6 Å². The first-order chi connectivity index (χ1) is 22.0. The molecule has 4 unspecified atom stereocenters. The van der Waals surface area contributed by atoms with Crippen molar-refractivity contribution in [2.75, 3.05) is 6.54 Å². The molecule has 0 saturated carbocycles. The van der Waals surface area contributed by atoms with E-state index in [4.69, 9.17) is 9.47 Å². The SMILES string of the molecule is CCCCCN(C(=O)C(NC(=O)OC(C)(C)C)C(C)CC)C(C(=O)NC(Cc1ccccc1)C(=O)OC(C)(C)C)c1ccccc1C. The Labute approximate surface area is 282 Å². The van der Waals surface area contributed by atoms with Crippen LogP contribution in [0.15, 0.2) is 54.6 Å². The third kappa shape index (κ3) is 13.0. The molecule has 260 valence electrons. The van der Waals surface area contributed by atoms with E-state index in [-0.39, 0.29) is 24.8 Å². The summed E-state index contributed by atoms with van der Waals surface area (Å²) in [5.41, 5.74) is 0.777. The lowest BCUT2D eigenvalue weighted by atomic mass is 9.93. The van der Waals surface area contributed by atoms with E-state index in [1.54, 1.807) is 46.4 Å². The maximum Gasteiger partial charge on any atom is 0.408 e. The summed E-state index contributed by atoms with van der Waals surface area (Å²) in [6.45, 7) is 18.7. The Morgan fingerprint density at radius 3 is 1.96 bits per heavy atom. The molecule has 0 spiro atoms. The lowest BCUT2D eigenvalue weighted by Gasteiger charge is -2.37. The van der Waals surface area contributed by atoms with Gasteiger partial charge in [0, 0.05) is 13.0 Å². The number of alkyl carbamates (subject to hydrolysis) is 1. The minimum Gasteiger partial charge on any atom is -0.458 e. The van der Waals surface area contributed by atoms with E-state index in [0.29, 0.717) is 18.4 Å². The summed E-state index contributed by atoms with van der Waals surface area (Å²) in [6.07, 6.45) is 2.52. The molecule has 4 atom stereocenters. The number of hydrogen-bond acceptors (Lipinski definition) is 6. The molecule has 0 aliphatic heterocycles. The van der Waals surface area contributed by atoms with Crippen LogP contribution in [0, 0.1) is 12.8 Å². The zero-order valence-electron chi connectivity index (χ0n) is 30.1. The molecule has 0 bridgehead atoms. The fourth-order valence-electron chi connectivity index (χ4n) is 5.21. The van der Waals surface area contributed by atoms with Crippen LogP contribution in [0.5, 0.6) is 0 Å². The Bertz CT molecular complexity index is 1310. The largest absolute Gasteiger partial charge is 0.458 e. The molecule has 2 N–H and O–H groups in total. The van der Waals surface area contributed by atoms with Crippen molar-refractivity contribution in [3.8, 4) is 0 Å². The number of amides is 3. The number of nitrogens with zero attached hydrogens (tertiary/aromatic N) is 1. The van der Waals surface area contributed by atoms with Crippen molar-refractivity contribution in [1.82, 2.24) is 15.5 Å². The molecule has 0 fully saturated rings. The minimum atomic E-state index is -1.08. The Morgan fingerprint density at radius 2 is 1.40 bits per heavy atom. The number of hydrogen-bond donors (Lipinski definition) is 2. The van der Waals surface area contributed by atoms with Crippen LogP contribution in [0.4, 0.5) is 4.79 Å². The van der Waals surface area contributed by atoms with Gasteiger partial charge in [0.05, 0.1) is 0 Å². The molecule has 2 rings (SSSR count). The molecular formula is C38H57N3O6. The standard InChI is InChI=1S/C38H57N3O6/c1-11-13-19-24-41(34(43)31(26(3)12-2)40-36(45)47-38(8,9)10)32(29-23-18-17-20-27(29)4)33(42)39-30(35(44)46-37(5,6)7)25-28-21-15-14-16-22-28/h14-18,20-23,26,30-32H,11-13,19,24-25H2,1-10H3,(H,39,42)(H,40,45). The number of carbonyl (C=O) groups is 4. The topological polar surface area (TPSA) is 114 Å². The second-order valence-electron chi connectivity index (χ2n) is 14.3. The summed E-state index contributed by atoms with van der Waals surface area (Å²) in [5, 5.41) is 5.79.